The summed E-state index contributed by atoms with van der Waals surface area (Å²) >= 11 is 0. The summed E-state index contributed by atoms with van der Waals surface area (Å²) in [5.41, 5.74) is 0.234. The average molecular weight is 258 g/mol. The second-order valence-corrected chi connectivity index (χ2v) is 3.60. The smallest absolute Gasteiger partial charge is 0.308 e. The van der Waals surface area contributed by atoms with Crippen molar-refractivity contribution in [3.05, 3.63) is 12.2 Å². The van der Waals surface area contributed by atoms with Crippen molar-refractivity contribution in [3.63, 3.8) is 0 Å². The lowest BCUT2D eigenvalue weighted by Gasteiger charge is -2.22. The zero-order valence-corrected chi connectivity index (χ0v) is 11.0. The summed E-state index contributed by atoms with van der Waals surface area (Å²) in [6.45, 7) is 4.94. The predicted molar refractivity (Wildman–Crippen MR) is 63.2 cm³/mol. The van der Waals surface area contributed by atoms with Crippen LogP contribution in [0.25, 0.3) is 0 Å². The van der Waals surface area contributed by atoms with E-state index in [1.165, 1.54) is 28.2 Å². The van der Waals surface area contributed by atoms with Gasteiger partial charge < -0.3 is 10.1 Å². The number of nitrogens with one attached hydrogen (secondary N) is 1. The Morgan fingerprint density at radius 3 is 2.28 bits per heavy atom. The van der Waals surface area contributed by atoms with Crippen LogP contribution in [0.1, 0.15) is 13.3 Å². The van der Waals surface area contributed by atoms with Crippen molar-refractivity contribution in [3.8, 4) is 0 Å². The Bertz CT molecular complexity index is 353. The van der Waals surface area contributed by atoms with E-state index >= 15 is 0 Å². The molecule has 0 saturated carbocycles. The molecule has 0 radical (unpaired) electrons. The maximum atomic E-state index is 11.8. The lowest BCUT2D eigenvalue weighted by atomic mass is 10.1. The molecule has 0 spiro atoms. The quantitative estimate of drug-likeness (QED) is 0.399. The highest BCUT2D eigenvalue weighted by Gasteiger charge is 2.27. The molecule has 0 aliphatic heterocycles. The van der Waals surface area contributed by atoms with Gasteiger partial charge in [-0.25, -0.2) is 5.06 Å². The third-order valence-electron chi connectivity index (χ3n) is 2.17. The van der Waals surface area contributed by atoms with Gasteiger partial charge in [0.05, 0.1) is 20.6 Å². The van der Waals surface area contributed by atoms with E-state index in [9.17, 15) is 14.4 Å². The number of hydrogen-bond acceptors (Lipinski definition) is 5. The number of likely N-dealkylation sites (N-methyl/N-ethyl adjacent to an activating group) is 1. The summed E-state index contributed by atoms with van der Waals surface area (Å²) in [5.74, 6) is -1.68. The number of amides is 2. The first kappa shape index (κ1) is 16.1. The maximum Gasteiger partial charge on any atom is 0.308 e. The number of carbonyl (C=O) groups is 3. The molecule has 0 rings (SSSR count). The lowest BCUT2D eigenvalue weighted by Crippen LogP contribution is -2.48. The molecule has 1 N–H and O–H groups in total. The minimum atomic E-state index is -1.05. The summed E-state index contributed by atoms with van der Waals surface area (Å²) in [4.78, 5) is 39.2. The van der Waals surface area contributed by atoms with Gasteiger partial charge in [-0.2, -0.15) is 0 Å². The van der Waals surface area contributed by atoms with Crippen molar-refractivity contribution in [2.45, 2.75) is 19.4 Å². The molecule has 0 unspecified atom stereocenters. The summed E-state index contributed by atoms with van der Waals surface area (Å²) in [6, 6.07) is -1.05. The molecule has 0 aliphatic carbocycles. The molecule has 0 aromatic rings. The molecule has 7 heteroatoms. The molecule has 0 saturated heterocycles. The molecular formula is C11H18N2O5. The van der Waals surface area contributed by atoms with Gasteiger partial charge in [0.2, 0.25) is 5.91 Å². The molecule has 0 fully saturated rings. The van der Waals surface area contributed by atoms with E-state index in [0.29, 0.717) is 0 Å². The van der Waals surface area contributed by atoms with Crippen LogP contribution in [0, 0.1) is 0 Å². The zero-order valence-electron chi connectivity index (χ0n) is 11.0. The first-order valence-electron chi connectivity index (χ1n) is 5.18. The molecule has 18 heavy (non-hydrogen) atoms. The topological polar surface area (TPSA) is 84.9 Å². The van der Waals surface area contributed by atoms with Crippen molar-refractivity contribution < 1.29 is 24.0 Å². The Hall–Kier alpha value is -1.89. The lowest BCUT2D eigenvalue weighted by molar-refractivity contribution is -0.173. The predicted octanol–water partition coefficient (Wildman–Crippen LogP) is -0.370. The third-order valence-corrected chi connectivity index (χ3v) is 2.17. The number of rotatable bonds is 6. The fraction of sp³-hybridized carbons (Fsp3) is 0.545. The Labute approximate surface area is 106 Å². The van der Waals surface area contributed by atoms with Crippen molar-refractivity contribution in [1.29, 1.82) is 0 Å². The number of hydrogen-bond donors (Lipinski definition) is 1. The van der Waals surface area contributed by atoms with Crippen molar-refractivity contribution >= 4 is 17.8 Å². The fourth-order valence-corrected chi connectivity index (χ4v) is 1.04. The molecule has 0 aromatic heterocycles. The number of esters is 1. The number of nitrogens with zero attached hydrogens (tertiary/aromatic N) is 1. The van der Waals surface area contributed by atoms with E-state index in [4.69, 9.17) is 4.84 Å². The first-order valence-corrected chi connectivity index (χ1v) is 5.18. The summed E-state index contributed by atoms with van der Waals surface area (Å²) < 4.78 is 4.46. The van der Waals surface area contributed by atoms with Gasteiger partial charge in [0.15, 0.2) is 0 Å². The van der Waals surface area contributed by atoms with E-state index in [2.05, 4.69) is 16.6 Å². The normalized spacial score (nSPS) is 11.3. The molecule has 2 amide bonds. The molecule has 0 bridgehead atoms. The van der Waals surface area contributed by atoms with Crippen LogP contribution in [0.5, 0.6) is 0 Å². The van der Waals surface area contributed by atoms with Crippen LogP contribution < -0.4 is 5.32 Å². The Balaban J connectivity index is 4.82. The number of ether oxygens (including phenoxy) is 1. The summed E-state index contributed by atoms with van der Waals surface area (Å²) in [6.07, 6.45) is -0.276. The van der Waals surface area contributed by atoms with Crippen LogP contribution in [-0.4, -0.2) is 50.2 Å². The molecule has 0 aromatic carbocycles. The minimum Gasteiger partial charge on any atom is -0.469 e. The monoisotopic (exact) mass is 258 g/mol. The van der Waals surface area contributed by atoms with Gasteiger partial charge in [-0.3, -0.25) is 19.2 Å². The highest BCUT2D eigenvalue weighted by atomic mass is 16.7. The van der Waals surface area contributed by atoms with Gasteiger partial charge >= 0.3 is 5.97 Å². The fourth-order valence-electron chi connectivity index (χ4n) is 1.04. The van der Waals surface area contributed by atoms with Crippen LogP contribution in [-0.2, 0) is 24.0 Å². The van der Waals surface area contributed by atoms with Crippen LogP contribution in [0.3, 0.4) is 0 Å². The van der Waals surface area contributed by atoms with E-state index in [1.807, 2.05) is 0 Å². The van der Waals surface area contributed by atoms with Crippen molar-refractivity contribution in [2.24, 2.45) is 0 Å². The molecular weight excluding hydrogens is 240 g/mol. The molecule has 1 atom stereocenters. The van der Waals surface area contributed by atoms with E-state index in [0.717, 1.165) is 5.06 Å². The van der Waals surface area contributed by atoms with Crippen LogP contribution >= 0.6 is 0 Å². The minimum absolute atomic E-state index is 0.234. The second-order valence-electron chi connectivity index (χ2n) is 3.60. The summed E-state index contributed by atoms with van der Waals surface area (Å²) in [5, 5.41) is 3.31. The maximum absolute atomic E-state index is 11.8. The first-order chi connectivity index (χ1) is 8.33. The average Bonchev–Trinajstić information content (AvgIpc) is 2.35. The van der Waals surface area contributed by atoms with Gasteiger partial charge in [-0.05, 0) is 6.92 Å². The van der Waals surface area contributed by atoms with Crippen LogP contribution in [0.4, 0.5) is 0 Å². The molecule has 102 valence electrons. The van der Waals surface area contributed by atoms with Crippen LogP contribution in [0.15, 0.2) is 12.2 Å². The van der Waals surface area contributed by atoms with E-state index < -0.39 is 23.8 Å². The van der Waals surface area contributed by atoms with Gasteiger partial charge in [0.1, 0.15) is 6.04 Å². The SMILES string of the molecule is C=C(C)C(=O)N[C@@H](CC(=O)OC)C(=O)N(C)OC. The number of methoxy groups -OCH3 is 1. The highest BCUT2D eigenvalue weighted by molar-refractivity contribution is 5.97. The van der Waals surface area contributed by atoms with E-state index in [-0.39, 0.29) is 12.0 Å². The zero-order chi connectivity index (χ0) is 14.3. The Morgan fingerprint density at radius 2 is 1.89 bits per heavy atom. The number of hydroxylamine groups is 2. The van der Waals surface area contributed by atoms with Crippen molar-refractivity contribution in [1.82, 2.24) is 10.4 Å². The molecule has 0 heterocycles. The second kappa shape index (κ2) is 7.44. The Morgan fingerprint density at radius 1 is 1.33 bits per heavy atom. The Kier molecular flexibility index (Phi) is 6.66. The van der Waals surface area contributed by atoms with Crippen molar-refractivity contribution in [2.75, 3.05) is 21.3 Å². The third kappa shape index (κ3) is 4.96. The van der Waals surface area contributed by atoms with Gasteiger partial charge in [0, 0.05) is 12.6 Å². The molecule has 0 aliphatic rings. The van der Waals surface area contributed by atoms with Gasteiger partial charge in [-0.1, -0.05) is 6.58 Å². The van der Waals surface area contributed by atoms with Gasteiger partial charge in [0.25, 0.3) is 5.91 Å². The molecule has 7 nitrogen and oxygen atoms in total. The van der Waals surface area contributed by atoms with E-state index in [1.54, 1.807) is 0 Å². The largest absolute Gasteiger partial charge is 0.469 e. The standard InChI is InChI=1S/C11H18N2O5/c1-7(2)10(15)12-8(6-9(14)17-4)11(16)13(3)18-5/h8H,1,6H2,2-5H3,(H,12,15)/t8-/m0/s1. The number of carbonyl (C=O) groups excluding carboxylic acids is 3. The van der Waals surface area contributed by atoms with Gasteiger partial charge in [-0.15, -0.1) is 0 Å². The highest BCUT2D eigenvalue weighted by Crippen LogP contribution is 2.02. The van der Waals surface area contributed by atoms with Crippen LogP contribution in [0.2, 0.25) is 0 Å². The summed E-state index contributed by atoms with van der Waals surface area (Å²) in [7, 11) is 3.87.